The van der Waals surface area contributed by atoms with Gasteiger partial charge in [0.25, 0.3) is 0 Å². The van der Waals surface area contributed by atoms with Crippen LogP contribution in [-0.4, -0.2) is 58.4 Å². The molecule has 5 nitrogen and oxygen atoms in total. The van der Waals surface area contributed by atoms with Gasteiger partial charge in [0, 0.05) is 24.8 Å². The lowest BCUT2D eigenvalue weighted by Gasteiger charge is -2.64. The number of ether oxygens (including phenoxy) is 1. The van der Waals surface area contributed by atoms with E-state index in [4.69, 9.17) is 4.74 Å². The zero-order valence-corrected chi connectivity index (χ0v) is 16.3. The average Bonchev–Trinajstić information content (AvgIpc) is 2.98. The first kappa shape index (κ1) is 17.3. The number of piperidine rings is 1. The molecular weight excluding hydrogens is 342 g/mol. The summed E-state index contributed by atoms with van der Waals surface area (Å²) in [6, 6.07) is 3.65. The molecule has 0 radical (unpaired) electrons. The maximum Gasteiger partial charge on any atom is 0.174 e. The quantitative estimate of drug-likeness (QED) is 0.619. The number of allylic oxidation sites excluding steroid dienone is 1. The third kappa shape index (κ3) is 1.89. The molecule has 2 fully saturated rings. The molecule has 2 aliphatic carbocycles. The van der Waals surface area contributed by atoms with Gasteiger partial charge in [-0.25, -0.2) is 0 Å². The van der Waals surface area contributed by atoms with Crippen molar-refractivity contribution in [1.29, 1.82) is 0 Å². The zero-order chi connectivity index (χ0) is 19.2. The number of carbonyl (C=O) groups excluding carboxylic acids is 1. The minimum Gasteiger partial charge on any atom is -0.504 e. The van der Waals surface area contributed by atoms with Crippen molar-refractivity contribution in [3.63, 3.8) is 0 Å². The van der Waals surface area contributed by atoms with Crippen LogP contribution in [0.15, 0.2) is 23.8 Å². The Morgan fingerprint density at radius 2 is 2.15 bits per heavy atom. The van der Waals surface area contributed by atoms with E-state index in [0.717, 1.165) is 35.1 Å². The lowest BCUT2D eigenvalue weighted by Crippen LogP contribution is -2.80. The molecule has 2 bridgehead atoms. The fourth-order valence-corrected chi connectivity index (χ4v) is 6.44. The Balaban J connectivity index is 1.74. The SMILES string of the molecule is CC(C)=CC[N@@+]1(C)CC[C@]23c4c5ccc(O)c4O[C@H]2C(=O)CC[C@@]3(O)[C@H]1C5. The van der Waals surface area contributed by atoms with Crippen molar-refractivity contribution in [3.05, 3.63) is 34.9 Å². The second-order valence-corrected chi connectivity index (χ2v) is 9.44. The molecule has 5 rings (SSSR count). The molecule has 1 saturated heterocycles. The minimum atomic E-state index is -0.986. The molecular formula is C22H28NO4+. The number of aliphatic hydroxyl groups is 1. The van der Waals surface area contributed by atoms with Gasteiger partial charge in [-0.05, 0) is 38.0 Å². The highest BCUT2D eigenvalue weighted by atomic mass is 16.5. The predicted octanol–water partition coefficient (Wildman–Crippen LogP) is 2.23. The number of nitrogens with zero attached hydrogens (tertiary/aromatic N) is 1. The molecule has 5 heteroatoms. The lowest BCUT2D eigenvalue weighted by atomic mass is 9.48. The van der Waals surface area contributed by atoms with E-state index in [9.17, 15) is 15.0 Å². The minimum absolute atomic E-state index is 0.0176. The molecule has 0 aromatic heterocycles. The highest BCUT2D eigenvalue weighted by Crippen LogP contribution is 2.65. The summed E-state index contributed by atoms with van der Waals surface area (Å²) < 4.78 is 6.85. The van der Waals surface area contributed by atoms with Gasteiger partial charge in [-0.3, -0.25) is 4.79 Å². The maximum atomic E-state index is 12.8. The number of aromatic hydroxyl groups is 1. The third-order valence-corrected chi connectivity index (χ3v) is 7.82. The highest BCUT2D eigenvalue weighted by Gasteiger charge is 2.76. The van der Waals surface area contributed by atoms with Crippen molar-refractivity contribution < 1.29 is 24.2 Å². The van der Waals surface area contributed by atoms with Crippen LogP contribution in [0.2, 0.25) is 0 Å². The Labute approximate surface area is 159 Å². The van der Waals surface area contributed by atoms with Gasteiger partial charge in [0.2, 0.25) is 0 Å². The number of hydrogen-bond donors (Lipinski definition) is 2. The normalized spacial score (nSPS) is 41.0. The van der Waals surface area contributed by atoms with Crippen LogP contribution in [0.1, 0.15) is 44.2 Å². The molecule has 2 aliphatic heterocycles. The Hall–Kier alpha value is -1.85. The second-order valence-electron chi connectivity index (χ2n) is 9.44. The van der Waals surface area contributed by atoms with Crippen molar-refractivity contribution in [2.24, 2.45) is 0 Å². The molecule has 1 aromatic carbocycles. The largest absolute Gasteiger partial charge is 0.504 e. The predicted molar refractivity (Wildman–Crippen MR) is 101 cm³/mol. The van der Waals surface area contributed by atoms with Crippen LogP contribution in [0.4, 0.5) is 0 Å². The number of carbonyl (C=O) groups is 1. The van der Waals surface area contributed by atoms with Crippen molar-refractivity contribution in [2.75, 3.05) is 20.1 Å². The Kier molecular flexibility index (Phi) is 3.29. The summed E-state index contributed by atoms with van der Waals surface area (Å²) in [5.74, 6) is 0.575. The van der Waals surface area contributed by atoms with Crippen molar-refractivity contribution >= 4 is 5.78 Å². The van der Waals surface area contributed by atoms with E-state index in [1.54, 1.807) is 6.07 Å². The van der Waals surface area contributed by atoms with Crippen LogP contribution >= 0.6 is 0 Å². The van der Waals surface area contributed by atoms with Crippen LogP contribution in [0.25, 0.3) is 0 Å². The summed E-state index contributed by atoms with van der Waals surface area (Å²) >= 11 is 0. The van der Waals surface area contributed by atoms with E-state index >= 15 is 0 Å². The van der Waals surface area contributed by atoms with Crippen molar-refractivity contribution in [3.8, 4) is 11.5 Å². The standard InChI is InChI=1S/C22H27NO4/c1-13(2)7-10-23(3)11-9-21-18-14-4-5-15(24)19(18)27-20(21)16(25)6-8-22(21,26)17(23)12-14/h4-5,7,17,20,26H,6,8-12H2,1-3H3/p+1/t17-,20+,21+,22-,23+/m1/s1. The fourth-order valence-electron chi connectivity index (χ4n) is 6.44. The van der Waals surface area contributed by atoms with Gasteiger partial charge >= 0.3 is 0 Å². The summed E-state index contributed by atoms with van der Waals surface area (Å²) in [4.78, 5) is 12.8. The highest BCUT2D eigenvalue weighted by molar-refractivity contribution is 5.90. The first-order valence-electron chi connectivity index (χ1n) is 9.98. The molecule has 27 heavy (non-hydrogen) atoms. The van der Waals surface area contributed by atoms with E-state index in [0.29, 0.717) is 25.0 Å². The smallest absolute Gasteiger partial charge is 0.174 e. The Morgan fingerprint density at radius 3 is 2.89 bits per heavy atom. The zero-order valence-electron chi connectivity index (χ0n) is 16.3. The number of likely N-dealkylation sites (tertiary alicyclic amines) is 1. The van der Waals surface area contributed by atoms with Crippen LogP contribution in [0.3, 0.4) is 0 Å². The molecule has 144 valence electrons. The van der Waals surface area contributed by atoms with Crippen molar-refractivity contribution in [1.82, 2.24) is 0 Å². The number of likely N-dealkylation sites (N-methyl/N-ethyl adjacent to an activating group) is 1. The fraction of sp³-hybridized carbons (Fsp3) is 0.591. The van der Waals surface area contributed by atoms with Crippen LogP contribution < -0.4 is 4.74 Å². The Bertz CT molecular complexity index is 889. The number of phenolic OH excluding ortho intramolecular Hbond substituents is 1. The van der Waals surface area contributed by atoms with E-state index in [2.05, 4.69) is 27.0 Å². The van der Waals surface area contributed by atoms with Crippen LogP contribution in [0.5, 0.6) is 11.5 Å². The van der Waals surface area contributed by atoms with Crippen molar-refractivity contribution in [2.45, 2.75) is 62.7 Å². The summed E-state index contributed by atoms with van der Waals surface area (Å²) in [7, 11) is 2.24. The molecule has 1 spiro atoms. The van der Waals surface area contributed by atoms with Gasteiger partial charge in [-0.1, -0.05) is 11.6 Å². The molecule has 1 saturated carbocycles. The van der Waals surface area contributed by atoms with E-state index in [1.807, 2.05) is 6.07 Å². The number of Topliss-reactive ketones (excluding diaryl/α,β-unsaturated/α-hetero) is 1. The van der Waals surface area contributed by atoms with Crippen LogP contribution in [-0.2, 0) is 16.6 Å². The molecule has 2 heterocycles. The third-order valence-electron chi connectivity index (χ3n) is 7.82. The van der Waals surface area contributed by atoms with Gasteiger partial charge < -0.3 is 19.4 Å². The molecule has 0 amide bonds. The molecule has 4 aliphatic rings. The first-order valence-corrected chi connectivity index (χ1v) is 9.98. The van der Waals surface area contributed by atoms with E-state index in [-0.39, 0.29) is 17.6 Å². The van der Waals surface area contributed by atoms with Gasteiger partial charge in [0.05, 0.1) is 25.6 Å². The molecule has 0 unspecified atom stereocenters. The monoisotopic (exact) mass is 370 g/mol. The number of phenols is 1. The lowest BCUT2D eigenvalue weighted by molar-refractivity contribution is -0.944. The van der Waals surface area contributed by atoms with Gasteiger partial charge in [-0.2, -0.15) is 0 Å². The van der Waals surface area contributed by atoms with Gasteiger partial charge in [0.15, 0.2) is 23.4 Å². The summed E-state index contributed by atoms with van der Waals surface area (Å²) in [5.41, 5.74) is 1.62. The average molecular weight is 370 g/mol. The number of ketones is 1. The van der Waals surface area contributed by atoms with E-state index < -0.39 is 17.1 Å². The van der Waals surface area contributed by atoms with E-state index in [1.165, 1.54) is 5.57 Å². The Morgan fingerprint density at radius 1 is 1.37 bits per heavy atom. The number of rotatable bonds is 2. The van der Waals surface area contributed by atoms with Gasteiger partial charge in [-0.15, -0.1) is 0 Å². The first-order chi connectivity index (χ1) is 12.7. The summed E-state index contributed by atoms with van der Waals surface area (Å²) in [6.45, 7) is 5.98. The molecule has 2 N–H and O–H groups in total. The number of benzene rings is 1. The number of quaternary nitrogens is 1. The molecule has 5 atom stereocenters. The summed E-state index contributed by atoms with van der Waals surface area (Å²) in [5, 5.41) is 22.6. The maximum absolute atomic E-state index is 12.8. The second kappa shape index (κ2) is 5.15. The van der Waals surface area contributed by atoms with Gasteiger partial charge in [0.1, 0.15) is 11.6 Å². The topological polar surface area (TPSA) is 66.8 Å². The summed E-state index contributed by atoms with van der Waals surface area (Å²) in [6.07, 6.45) is 3.86. The van der Waals surface area contributed by atoms with Crippen LogP contribution in [0, 0.1) is 0 Å². The number of hydrogen-bond acceptors (Lipinski definition) is 4. The molecule has 1 aromatic rings.